The highest BCUT2D eigenvalue weighted by atomic mass is 35.5. The van der Waals surface area contributed by atoms with Crippen molar-refractivity contribution in [1.29, 1.82) is 0 Å². The van der Waals surface area contributed by atoms with E-state index in [0.29, 0.717) is 25.5 Å². The Morgan fingerprint density at radius 1 is 1.39 bits per heavy atom. The number of halogens is 1. The zero-order valence-corrected chi connectivity index (χ0v) is 14.6. The van der Waals surface area contributed by atoms with Crippen molar-refractivity contribution in [3.63, 3.8) is 0 Å². The number of piperidine rings is 1. The van der Waals surface area contributed by atoms with Crippen LogP contribution in [0.4, 0.5) is 0 Å². The van der Waals surface area contributed by atoms with Crippen molar-refractivity contribution in [2.45, 2.75) is 39.0 Å². The van der Waals surface area contributed by atoms with Crippen molar-refractivity contribution in [1.82, 2.24) is 10.6 Å². The molecule has 0 aliphatic carbocycles. The number of nitrogens with one attached hydrogen (secondary N) is 2. The average Bonchev–Trinajstić information content (AvgIpc) is 2.55. The summed E-state index contributed by atoms with van der Waals surface area (Å²) in [6.45, 7) is 5.42. The zero-order valence-electron chi connectivity index (χ0n) is 13.9. The van der Waals surface area contributed by atoms with Crippen molar-refractivity contribution in [3.05, 3.63) is 28.8 Å². The molecule has 0 spiro atoms. The Bertz CT molecular complexity index is 502. The van der Waals surface area contributed by atoms with E-state index in [0.717, 1.165) is 42.3 Å². The molecule has 2 N–H and O–H groups in total. The molecule has 4 nitrogen and oxygen atoms in total. The molecule has 0 unspecified atom stereocenters. The molecule has 1 heterocycles. The van der Waals surface area contributed by atoms with E-state index in [2.05, 4.69) is 10.6 Å². The van der Waals surface area contributed by atoms with Crippen molar-refractivity contribution in [2.24, 2.45) is 5.92 Å². The van der Waals surface area contributed by atoms with Gasteiger partial charge in [-0.1, -0.05) is 11.6 Å². The van der Waals surface area contributed by atoms with Gasteiger partial charge in [-0.05, 0) is 75.4 Å². The second-order valence-corrected chi connectivity index (χ2v) is 6.63. The van der Waals surface area contributed by atoms with Crippen LogP contribution in [-0.4, -0.2) is 32.1 Å². The molecule has 0 saturated carbocycles. The minimum absolute atomic E-state index is 0.159. The van der Waals surface area contributed by atoms with Crippen LogP contribution in [0.5, 0.6) is 5.75 Å². The molecule has 1 saturated heterocycles. The Morgan fingerprint density at radius 2 is 2.17 bits per heavy atom. The third-order valence-corrected chi connectivity index (χ3v) is 4.51. The molecule has 2 rings (SSSR count). The maximum atomic E-state index is 11.8. The number of rotatable bonds is 8. The summed E-state index contributed by atoms with van der Waals surface area (Å²) in [5, 5.41) is 7.04. The maximum Gasteiger partial charge on any atom is 0.220 e. The van der Waals surface area contributed by atoms with Crippen LogP contribution in [0.3, 0.4) is 0 Å². The van der Waals surface area contributed by atoms with Gasteiger partial charge in [0.05, 0.1) is 6.61 Å². The van der Waals surface area contributed by atoms with Crippen molar-refractivity contribution >= 4 is 17.5 Å². The summed E-state index contributed by atoms with van der Waals surface area (Å²) in [6, 6.07) is 5.60. The third kappa shape index (κ3) is 6.80. The van der Waals surface area contributed by atoms with Gasteiger partial charge in [-0.3, -0.25) is 4.79 Å². The molecule has 1 amide bonds. The van der Waals surface area contributed by atoms with Crippen LogP contribution >= 0.6 is 11.6 Å². The summed E-state index contributed by atoms with van der Waals surface area (Å²) in [5.74, 6) is 1.72. The van der Waals surface area contributed by atoms with Crippen LogP contribution in [-0.2, 0) is 4.79 Å². The highest BCUT2D eigenvalue weighted by Crippen LogP contribution is 2.21. The molecule has 1 aromatic carbocycles. The molecule has 1 aliphatic heterocycles. The molecule has 5 heteroatoms. The van der Waals surface area contributed by atoms with Gasteiger partial charge in [0.15, 0.2) is 0 Å². The minimum Gasteiger partial charge on any atom is -0.493 e. The summed E-state index contributed by atoms with van der Waals surface area (Å²) in [5.41, 5.74) is 1.03. The quantitative estimate of drug-likeness (QED) is 0.715. The van der Waals surface area contributed by atoms with Crippen molar-refractivity contribution in [3.8, 4) is 5.75 Å². The van der Waals surface area contributed by atoms with E-state index in [9.17, 15) is 4.79 Å². The van der Waals surface area contributed by atoms with Gasteiger partial charge in [0.2, 0.25) is 5.91 Å². The molecule has 1 aliphatic rings. The maximum absolute atomic E-state index is 11.8. The van der Waals surface area contributed by atoms with Gasteiger partial charge < -0.3 is 15.4 Å². The standard InChI is InChI=1S/C18H27ClN2O2/c1-14-13-16(19)4-5-17(14)23-12-2-9-21-18(22)6-3-15-7-10-20-11-8-15/h4-5,13,15,20H,2-3,6-12H2,1H3,(H,21,22). The summed E-state index contributed by atoms with van der Waals surface area (Å²) in [4.78, 5) is 11.8. The second-order valence-electron chi connectivity index (χ2n) is 6.19. The van der Waals surface area contributed by atoms with Crippen LogP contribution < -0.4 is 15.4 Å². The van der Waals surface area contributed by atoms with Crippen LogP contribution in [0.2, 0.25) is 5.02 Å². The van der Waals surface area contributed by atoms with Gasteiger partial charge in [0.1, 0.15) is 5.75 Å². The smallest absolute Gasteiger partial charge is 0.220 e. The van der Waals surface area contributed by atoms with Crippen LogP contribution in [0.15, 0.2) is 18.2 Å². The Balaban J connectivity index is 1.53. The second kappa shape index (κ2) is 9.78. The monoisotopic (exact) mass is 338 g/mol. The van der Waals surface area contributed by atoms with Crippen molar-refractivity contribution < 1.29 is 9.53 Å². The van der Waals surface area contributed by atoms with Gasteiger partial charge >= 0.3 is 0 Å². The largest absolute Gasteiger partial charge is 0.493 e. The molecular formula is C18H27ClN2O2. The molecule has 0 atom stereocenters. The molecule has 1 aromatic rings. The highest BCUT2D eigenvalue weighted by Gasteiger charge is 2.14. The van der Waals surface area contributed by atoms with Crippen LogP contribution in [0.1, 0.15) is 37.7 Å². The molecule has 0 bridgehead atoms. The van der Waals surface area contributed by atoms with E-state index in [4.69, 9.17) is 16.3 Å². The number of ether oxygens (including phenoxy) is 1. The fraction of sp³-hybridized carbons (Fsp3) is 0.611. The van der Waals surface area contributed by atoms with Crippen LogP contribution in [0, 0.1) is 12.8 Å². The summed E-state index contributed by atoms with van der Waals surface area (Å²) >= 11 is 5.91. The first kappa shape index (κ1) is 18.1. The number of benzene rings is 1. The number of amides is 1. The van der Waals surface area contributed by atoms with Crippen LogP contribution in [0.25, 0.3) is 0 Å². The summed E-state index contributed by atoms with van der Waals surface area (Å²) in [7, 11) is 0. The Hall–Kier alpha value is -1.26. The topological polar surface area (TPSA) is 50.4 Å². The Labute approximate surface area is 143 Å². The fourth-order valence-corrected chi connectivity index (χ4v) is 3.08. The Kier molecular flexibility index (Phi) is 7.69. The van der Waals surface area contributed by atoms with E-state index in [-0.39, 0.29) is 5.91 Å². The Morgan fingerprint density at radius 3 is 2.91 bits per heavy atom. The van der Waals surface area contributed by atoms with Gasteiger partial charge in [0, 0.05) is 18.0 Å². The highest BCUT2D eigenvalue weighted by molar-refractivity contribution is 6.30. The number of carbonyl (C=O) groups is 1. The predicted molar refractivity (Wildman–Crippen MR) is 94.1 cm³/mol. The first-order chi connectivity index (χ1) is 11.1. The fourth-order valence-electron chi connectivity index (χ4n) is 2.85. The predicted octanol–water partition coefficient (Wildman–Crippen LogP) is 3.31. The third-order valence-electron chi connectivity index (χ3n) is 4.28. The minimum atomic E-state index is 0.159. The van der Waals surface area contributed by atoms with Gasteiger partial charge in [-0.2, -0.15) is 0 Å². The van der Waals surface area contributed by atoms with Gasteiger partial charge in [-0.15, -0.1) is 0 Å². The molecular weight excluding hydrogens is 312 g/mol. The number of aryl methyl sites for hydroxylation is 1. The SMILES string of the molecule is Cc1cc(Cl)ccc1OCCCNC(=O)CCC1CCNCC1. The molecule has 0 aromatic heterocycles. The number of carbonyl (C=O) groups excluding carboxylic acids is 1. The molecule has 23 heavy (non-hydrogen) atoms. The van der Waals surface area contributed by atoms with E-state index in [1.54, 1.807) is 0 Å². The first-order valence-corrected chi connectivity index (χ1v) is 8.89. The lowest BCUT2D eigenvalue weighted by Gasteiger charge is -2.22. The van der Waals surface area contributed by atoms with Gasteiger partial charge in [-0.25, -0.2) is 0 Å². The average molecular weight is 339 g/mol. The number of hydrogen-bond donors (Lipinski definition) is 2. The lowest BCUT2D eigenvalue weighted by Crippen LogP contribution is -2.30. The molecule has 0 radical (unpaired) electrons. The summed E-state index contributed by atoms with van der Waals surface area (Å²) in [6.07, 6.45) is 4.85. The first-order valence-electron chi connectivity index (χ1n) is 8.51. The lowest BCUT2D eigenvalue weighted by atomic mass is 9.93. The van der Waals surface area contributed by atoms with Crippen molar-refractivity contribution in [2.75, 3.05) is 26.2 Å². The van der Waals surface area contributed by atoms with E-state index in [1.807, 2.05) is 25.1 Å². The lowest BCUT2D eigenvalue weighted by molar-refractivity contribution is -0.121. The normalized spacial score (nSPS) is 15.4. The van der Waals surface area contributed by atoms with E-state index < -0.39 is 0 Å². The van der Waals surface area contributed by atoms with E-state index >= 15 is 0 Å². The van der Waals surface area contributed by atoms with Gasteiger partial charge in [0.25, 0.3) is 0 Å². The van der Waals surface area contributed by atoms with E-state index in [1.165, 1.54) is 12.8 Å². The molecule has 1 fully saturated rings. The number of hydrogen-bond acceptors (Lipinski definition) is 3. The zero-order chi connectivity index (χ0) is 16.5. The summed E-state index contributed by atoms with van der Waals surface area (Å²) < 4.78 is 5.71. The molecule has 128 valence electrons.